The Morgan fingerprint density at radius 3 is 0.514 bits per heavy atom. The summed E-state index contributed by atoms with van der Waals surface area (Å²) in [7, 11) is -3.29. The smallest absolute Gasteiger partial charge is 0.344 e. The first kappa shape index (κ1) is 38.6. The van der Waals surface area contributed by atoms with Crippen molar-refractivity contribution in [2.75, 3.05) is 138 Å². The number of nitrogens with one attached hydrogen (secondary N) is 10. The monoisotopic (exact) mass is 559 g/mol. The zero-order chi connectivity index (χ0) is 26.4. The van der Waals surface area contributed by atoms with Crippen LogP contribution >= 0.6 is 0 Å². The van der Waals surface area contributed by atoms with Gasteiger partial charge in [-0.05, 0) is 0 Å². The highest BCUT2D eigenvalue weighted by Gasteiger charge is 1.95. The zero-order valence-corrected chi connectivity index (χ0v) is 23.7. The second kappa shape index (κ2) is 31.6. The van der Waals surface area contributed by atoms with Crippen molar-refractivity contribution >= 4 is 10.4 Å². The van der Waals surface area contributed by atoms with Gasteiger partial charge >= 0.3 is 10.4 Å². The van der Waals surface area contributed by atoms with Crippen LogP contribution in [-0.2, 0) is 14.6 Å². The Bertz CT molecular complexity index is 389. The topological polar surface area (TPSA) is 219 Å². The normalized spacial score (nSPS) is 21.4. The van der Waals surface area contributed by atoms with Gasteiger partial charge in [0, 0.05) is 131 Å². The minimum Gasteiger partial charge on any atom is -0.344 e. The molecule has 0 atom stereocenters. The van der Waals surface area contributed by atoms with Crippen LogP contribution < -0.4 is 59.3 Å². The fourth-order valence-corrected chi connectivity index (χ4v) is 3.02. The molecule has 0 aromatic rings. The summed E-state index contributed by atoms with van der Waals surface area (Å²) in [6, 6.07) is 0. The lowest BCUT2D eigenvalue weighted by atomic mass is 10.4. The maximum absolute atomic E-state index is 9.33. The van der Waals surface area contributed by atoms with Crippen molar-refractivity contribution in [2.45, 2.75) is 0 Å². The maximum atomic E-state index is 9.33. The molecular formula is C21H57N11O4S. The summed E-state index contributed by atoms with van der Waals surface area (Å²) in [6.45, 7) is 22.8. The van der Waals surface area contributed by atoms with E-state index in [4.69, 9.17) is 4.55 Å². The number of rotatable bonds is 1. The molecule has 0 bridgehead atoms. The predicted octanol–water partition coefficient (Wildman–Crippen LogP) is -4.51. The Morgan fingerprint density at radius 2 is 0.486 bits per heavy atom. The molecule has 37 heavy (non-hydrogen) atoms. The van der Waals surface area contributed by atoms with Crippen LogP contribution in [0.15, 0.2) is 0 Å². The number of piperazine rings is 5. The van der Waals surface area contributed by atoms with Crippen molar-refractivity contribution in [3.05, 3.63) is 0 Å². The van der Waals surface area contributed by atoms with Gasteiger partial charge in [0.05, 0.1) is 7.11 Å². The molecule has 0 spiro atoms. The van der Waals surface area contributed by atoms with E-state index in [0.717, 1.165) is 138 Å². The molecule has 5 rings (SSSR count). The van der Waals surface area contributed by atoms with E-state index in [2.05, 4.69) is 57.4 Å². The van der Waals surface area contributed by atoms with E-state index >= 15 is 0 Å². The van der Waals surface area contributed by atoms with Crippen LogP contribution in [0.5, 0.6) is 0 Å². The Labute approximate surface area is 225 Å². The molecule has 0 aliphatic carbocycles. The highest BCUT2D eigenvalue weighted by Crippen LogP contribution is 1.75. The third-order valence-corrected chi connectivity index (χ3v) is 5.42. The molecule has 5 saturated heterocycles. The van der Waals surface area contributed by atoms with Crippen LogP contribution in [0.2, 0.25) is 0 Å². The Hall–Kier alpha value is -0.570. The highest BCUT2D eigenvalue weighted by atomic mass is 32.3. The van der Waals surface area contributed by atoms with Gasteiger partial charge in [-0.1, -0.05) is 0 Å². The van der Waals surface area contributed by atoms with E-state index in [9.17, 15) is 8.42 Å². The summed E-state index contributed by atoms with van der Waals surface area (Å²) in [5, 5.41) is 32.2. The fourth-order valence-electron chi connectivity index (χ4n) is 3.02. The Kier molecular flexibility index (Phi) is 33.0. The maximum Gasteiger partial charge on any atom is 0.397 e. The molecule has 15 nitrogen and oxygen atoms in total. The van der Waals surface area contributed by atoms with E-state index in [1.165, 1.54) is 0 Å². The summed E-state index contributed by atoms with van der Waals surface area (Å²) < 4.78 is 29.7. The Morgan fingerprint density at radius 1 is 0.405 bits per heavy atom. The summed E-state index contributed by atoms with van der Waals surface area (Å²) in [4.78, 5) is 0. The van der Waals surface area contributed by atoms with Crippen molar-refractivity contribution in [1.29, 1.82) is 0 Å². The first-order valence-corrected chi connectivity index (χ1v) is 14.5. The zero-order valence-electron chi connectivity index (χ0n) is 22.9. The average molecular weight is 560 g/mol. The van der Waals surface area contributed by atoms with E-state index in [1.54, 1.807) is 0 Å². The van der Waals surface area contributed by atoms with E-state index in [0.29, 0.717) is 0 Å². The molecule has 5 aliphatic rings. The van der Waals surface area contributed by atoms with Gasteiger partial charge in [0.1, 0.15) is 0 Å². The summed E-state index contributed by atoms with van der Waals surface area (Å²) in [6.07, 6.45) is 0. The van der Waals surface area contributed by atoms with Gasteiger partial charge in [-0.25, -0.2) is 0 Å². The number of hydrogen-bond donors (Lipinski definition) is 12. The van der Waals surface area contributed by atoms with Crippen LogP contribution in [0.3, 0.4) is 0 Å². The molecule has 0 radical (unpaired) electrons. The third-order valence-electron chi connectivity index (χ3n) is 5.00. The third kappa shape index (κ3) is 37.6. The highest BCUT2D eigenvalue weighted by molar-refractivity contribution is 7.80. The summed E-state index contributed by atoms with van der Waals surface area (Å²) >= 11 is 0. The quantitative estimate of drug-likeness (QED) is 0.136. The molecule has 5 heterocycles. The first-order valence-electron chi connectivity index (χ1n) is 13.2. The molecule has 14 N–H and O–H groups in total. The average Bonchev–Trinajstić information content (AvgIpc) is 2.99. The lowest BCUT2D eigenvalue weighted by Crippen LogP contribution is -2.39. The summed E-state index contributed by atoms with van der Waals surface area (Å²) in [5.74, 6) is 0. The molecule has 0 aromatic carbocycles. The molecule has 0 saturated carbocycles. The van der Waals surface area contributed by atoms with Crippen LogP contribution in [-0.4, -0.2) is 151 Å². The molecule has 5 fully saturated rings. The van der Waals surface area contributed by atoms with Gasteiger partial charge in [0.15, 0.2) is 0 Å². The summed E-state index contributed by atoms with van der Waals surface area (Å²) in [5.41, 5.74) is 0. The van der Waals surface area contributed by atoms with Crippen LogP contribution in [0.25, 0.3) is 0 Å². The van der Waals surface area contributed by atoms with Crippen molar-refractivity contribution in [3.63, 3.8) is 0 Å². The molecular weight excluding hydrogens is 502 g/mol. The van der Waals surface area contributed by atoms with Gasteiger partial charge < -0.3 is 59.3 Å². The van der Waals surface area contributed by atoms with Gasteiger partial charge in [-0.2, -0.15) is 8.42 Å². The van der Waals surface area contributed by atoms with Gasteiger partial charge in [0.2, 0.25) is 0 Å². The second-order valence-electron chi connectivity index (χ2n) is 8.09. The van der Waals surface area contributed by atoms with Crippen LogP contribution in [0.4, 0.5) is 0 Å². The standard InChI is InChI=1S/5C4H10N2.CH4O4S.H3N/c5*1-2-6-4-3-5-1;1-5-6(2,3)4;/h5*5-6H,1-4H2;1H3,(H,2,3,4);1H3. The largest absolute Gasteiger partial charge is 0.397 e. The van der Waals surface area contributed by atoms with Gasteiger partial charge in [-0.3, -0.25) is 8.74 Å². The first-order chi connectivity index (χ1) is 17.6. The molecule has 0 unspecified atom stereocenters. The van der Waals surface area contributed by atoms with E-state index < -0.39 is 10.4 Å². The van der Waals surface area contributed by atoms with Crippen molar-refractivity contribution in [3.8, 4) is 0 Å². The minimum atomic E-state index is -4.16. The number of hydrogen-bond acceptors (Lipinski definition) is 14. The fraction of sp³-hybridized carbons (Fsp3) is 1.00. The van der Waals surface area contributed by atoms with E-state index in [1.807, 2.05) is 0 Å². The second-order valence-corrected chi connectivity index (χ2v) is 9.28. The lowest BCUT2D eigenvalue weighted by Gasteiger charge is -2.11. The lowest BCUT2D eigenvalue weighted by molar-refractivity contribution is 0.324. The molecule has 5 aliphatic heterocycles. The van der Waals surface area contributed by atoms with Gasteiger partial charge in [0.25, 0.3) is 0 Å². The SMILES string of the molecule is C1CNCCN1.C1CNCCN1.C1CNCCN1.C1CNCCN1.C1CNCCN1.COS(=O)(=O)O.N. The minimum absolute atomic E-state index is 0. The van der Waals surface area contributed by atoms with Crippen LogP contribution in [0.1, 0.15) is 0 Å². The van der Waals surface area contributed by atoms with Crippen LogP contribution in [0, 0.1) is 0 Å². The van der Waals surface area contributed by atoms with Crippen molar-refractivity contribution < 1.29 is 17.2 Å². The predicted molar refractivity (Wildman–Crippen MR) is 152 cm³/mol. The van der Waals surface area contributed by atoms with Crippen molar-refractivity contribution in [2.24, 2.45) is 0 Å². The van der Waals surface area contributed by atoms with E-state index in [-0.39, 0.29) is 6.15 Å². The van der Waals surface area contributed by atoms with Gasteiger partial charge in [-0.15, -0.1) is 0 Å². The molecule has 16 heteroatoms. The molecule has 0 aromatic heterocycles. The molecule has 226 valence electrons. The molecule has 0 amide bonds. The Balaban J connectivity index is 0. The van der Waals surface area contributed by atoms with Crippen molar-refractivity contribution in [1.82, 2.24) is 59.3 Å².